The van der Waals surface area contributed by atoms with E-state index in [0.29, 0.717) is 22.6 Å². The first-order chi connectivity index (χ1) is 15.3. The van der Waals surface area contributed by atoms with Gasteiger partial charge in [0.05, 0.1) is 19.6 Å². The zero-order valence-electron chi connectivity index (χ0n) is 18.4. The monoisotopic (exact) mass is 463 g/mol. The average Bonchev–Trinajstić information content (AvgIpc) is 3.15. The van der Waals surface area contributed by atoms with E-state index in [0.717, 1.165) is 31.1 Å². The summed E-state index contributed by atoms with van der Waals surface area (Å²) in [6.45, 7) is 3.37. The second-order valence-electron chi connectivity index (χ2n) is 8.27. The van der Waals surface area contributed by atoms with Crippen molar-refractivity contribution >= 4 is 35.3 Å². The van der Waals surface area contributed by atoms with Gasteiger partial charge in [-0.2, -0.15) is 0 Å². The molecule has 3 aliphatic rings. The Balaban J connectivity index is 1.57. The largest absolute Gasteiger partial charge is 0.491 e. The van der Waals surface area contributed by atoms with Gasteiger partial charge in [-0.15, -0.1) is 0 Å². The number of amidine groups is 1. The van der Waals surface area contributed by atoms with Gasteiger partial charge in [-0.3, -0.25) is 19.2 Å². The van der Waals surface area contributed by atoms with E-state index in [-0.39, 0.29) is 19.1 Å². The highest BCUT2D eigenvalue weighted by Gasteiger charge is 2.55. The molecule has 0 spiro atoms. The van der Waals surface area contributed by atoms with Crippen LogP contribution in [-0.2, 0) is 4.79 Å². The SMILES string of the molecule is CN1CC[N+](=C2N=C3C(C(=O)N(C)C(=O)N3C)N2CC(O)COc2ccc(Cl)cc2)CC1. The number of fused-ring (bicyclic) bond motifs is 1. The van der Waals surface area contributed by atoms with Crippen LogP contribution in [0, 0.1) is 0 Å². The number of aliphatic hydroxyl groups is 1. The third-order valence-corrected chi connectivity index (χ3v) is 6.21. The summed E-state index contributed by atoms with van der Waals surface area (Å²) in [7, 11) is 5.13. The highest BCUT2D eigenvalue weighted by molar-refractivity contribution is 6.30. The third-order valence-electron chi connectivity index (χ3n) is 5.96. The number of rotatable bonds is 5. The molecule has 3 amide bonds. The van der Waals surface area contributed by atoms with Crippen molar-refractivity contribution in [3.8, 4) is 5.75 Å². The number of piperazine rings is 1. The van der Waals surface area contributed by atoms with Crippen molar-refractivity contribution in [2.75, 3.05) is 60.5 Å². The minimum atomic E-state index is -0.885. The van der Waals surface area contributed by atoms with Gasteiger partial charge in [-0.05, 0) is 31.3 Å². The predicted octanol–water partition coefficient (Wildman–Crippen LogP) is 0.000100. The number of hydrogen-bond acceptors (Lipinski definition) is 5. The van der Waals surface area contributed by atoms with Crippen LogP contribution in [0.2, 0.25) is 5.02 Å². The van der Waals surface area contributed by atoms with Gasteiger partial charge in [-0.25, -0.2) is 9.69 Å². The van der Waals surface area contributed by atoms with Gasteiger partial charge in [0.25, 0.3) is 5.91 Å². The number of aliphatic hydroxyl groups excluding tert-OH is 1. The molecule has 11 heteroatoms. The van der Waals surface area contributed by atoms with Crippen molar-refractivity contribution in [3.05, 3.63) is 29.3 Å². The summed E-state index contributed by atoms with van der Waals surface area (Å²) in [6, 6.07) is 5.71. The number of carbonyl (C=O) groups is 2. The van der Waals surface area contributed by atoms with E-state index in [2.05, 4.69) is 16.5 Å². The first kappa shape index (κ1) is 22.5. The van der Waals surface area contributed by atoms with Gasteiger partial charge >= 0.3 is 12.0 Å². The number of β-amino-alcohol motifs (C(OH)–C–C–N with tert-alkyl or cyclic N) is 1. The Morgan fingerprint density at radius 3 is 2.47 bits per heavy atom. The van der Waals surface area contributed by atoms with Gasteiger partial charge in [0.15, 0.2) is 0 Å². The van der Waals surface area contributed by atoms with Crippen LogP contribution in [0.5, 0.6) is 5.75 Å². The number of carbonyl (C=O) groups excluding carboxylic acids is 2. The molecule has 1 N–H and O–H groups in total. The first-order valence-electron chi connectivity index (χ1n) is 10.5. The number of likely N-dealkylation sites (N-methyl/N-ethyl adjacent to an activating group) is 3. The molecule has 1 aromatic rings. The Kier molecular flexibility index (Phi) is 6.36. The molecule has 4 rings (SSSR count). The fraction of sp³-hybridized carbons (Fsp3) is 0.524. The lowest BCUT2D eigenvalue weighted by Crippen LogP contribution is -2.63. The van der Waals surface area contributed by atoms with Gasteiger partial charge in [0, 0.05) is 32.2 Å². The number of urea groups is 1. The number of amides is 3. The normalized spacial score (nSPS) is 23.0. The predicted molar refractivity (Wildman–Crippen MR) is 119 cm³/mol. The van der Waals surface area contributed by atoms with Crippen LogP contribution < -0.4 is 4.74 Å². The zero-order chi connectivity index (χ0) is 23.0. The molecule has 10 nitrogen and oxygen atoms in total. The highest BCUT2D eigenvalue weighted by atomic mass is 35.5. The Morgan fingerprint density at radius 1 is 1.16 bits per heavy atom. The van der Waals surface area contributed by atoms with Crippen LogP contribution >= 0.6 is 11.6 Å². The number of hydrogen-bond donors (Lipinski definition) is 1. The molecule has 0 bridgehead atoms. The first-order valence-corrected chi connectivity index (χ1v) is 10.9. The number of nitrogens with zero attached hydrogens (tertiary/aromatic N) is 6. The van der Waals surface area contributed by atoms with Gasteiger partial charge in [0.1, 0.15) is 18.5 Å². The molecule has 2 saturated heterocycles. The van der Waals surface area contributed by atoms with E-state index < -0.39 is 18.2 Å². The molecular weight excluding hydrogens is 436 g/mol. The number of imide groups is 1. The van der Waals surface area contributed by atoms with Crippen LogP contribution in [0.4, 0.5) is 4.79 Å². The van der Waals surface area contributed by atoms with Crippen LogP contribution in [0.1, 0.15) is 0 Å². The Morgan fingerprint density at radius 2 is 1.81 bits per heavy atom. The molecule has 32 heavy (non-hydrogen) atoms. The third kappa shape index (κ3) is 4.30. The molecule has 3 aliphatic heterocycles. The summed E-state index contributed by atoms with van der Waals surface area (Å²) in [5.41, 5.74) is 0. The Hall–Kier alpha value is -2.69. The van der Waals surface area contributed by atoms with Crippen LogP contribution in [0.3, 0.4) is 0 Å². The molecule has 2 unspecified atom stereocenters. The molecule has 3 heterocycles. The molecule has 2 fully saturated rings. The van der Waals surface area contributed by atoms with Crippen molar-refractivity contribution in [3.63, 3.8) is 0 Å². The van der Waals surface area contributed by atoms with Gasteiger partial charge in [0.2, 0.25) is 11.9 Å². The minimum absolute atomic E-state index is 0.0367. The standard InChI is InChI=1S/C21H28ClN6O4/c1-24-8-10-27(11-9-24)20-23-18-17(19(30)26(3)21(31)25(18)2)28(20)12-15(29)13-32-16-6-4-14(22)5-7-16/h4-7,15,17,29H,8-13H2,1-3H3/q+1. The lowest BCUT2D eigenvalue weighted by atomic mass is 10.1. The maximum atomic E-state index is 13.0. The topological polar surface area (TPSA) is 91.9 Å². The Labute approximate surface area is 191 Å². The average molecular weight is 464 g/mol. The van der Waals surface area contributed by atoms with Gasteiger partial charge in [-0.1, -0.05) is 16.6 Å². The molecule has 0 aromatic heterocycles. The minimum Gasteiger partial charge on any atom is -0.491 e. The summed E-state index contributed by atoms with van der Waals surface area (Å²) >= 11 is 5.90. The van der Waals surface area contributed by atoms with Crippen LogP contribution in [0.25, 0.3) is 0 Å². The number of halogens is 1. The highest BCUT2D eigenvalue weighted by Crippen LogP contribution is 2.24. The van der Waals surface area contributed by atoms with Gasteiger partial charge < -0.3 is 14.7 Å². The fourth-order valence-electron chi connectivity index (χ4n) is 4.03. The van der Waals surface area contributed by atoms with E-state index >= 15 is 0 Å². The smallest absolute Gasteiger partial charge is 0.392 e. The van der Waals surface area contributed by atoms with E-state index in [4.69, 9.17) is 21.3 Å². The lowest BCUT2D eigenvalue weighted by Gasteiger charge is -2.34. The molecular formula is C21H28ClN6O4+. The van der Waals surface area contributed by atoms with Crippen molar-refractivity contribution in [2.24, 2.45) is 4.99 Å². The molecule has 0 radical (unpaired) electrons. The summed E-state index contributed by atoms with van der Waals surface area (Å²) in [5, 5.41) is 11.4. The summed E-state index contributed by atoms with van der Waals surface area (Å²) in [5.74, 6) is 1.22. The van der Waals surface area contributed by atoms with Crippen molar-refractivity contribution in [2.45, 2.75) is 12.1 Å². The number of benzene rings is 1. The van der Waals surface area contributed by atoms with Crippen LogP contribution in [-0.4, -0.2) is 126 Å². The maximum absolute atomic E-state index is 13.0. The maximum Gasteiger partial charge on any atom is 0.392 e. The van der Waals surface area contributed by atoms with Crippen molar-refractivity contribution < 1.29 is 24.0 Å². The number of ether oxygens (including phenoxy) is 1. The van der Waals surface area contributed by atoms with E-state index in [1.54, 1.807) is 36.2 Å². The second-order valence-corrected chi connectivity index (χ2v) is 8.71. The summed E-state index contributed by atoms with van der Waals surface area (Å²) < 4.78 is 7.79. The van der Waals surface area contributed by atoms with E-state index in [9.17, 15) is 14.7 Å². The summed E-state index contributed by atoms with van der Waals surface area (Å²) in [4.78, 5) is 36.7. The number of guanidine groups is 1. The van der Waals surface area contributed by atoms with Crippen molar-refractivity contribution in [1.29, 1.82) is 0 Å². The fourth-order valence-corrected chi connectivity index (χ4v) is 4.16. The zero-order valence-corrected chi connectivity index (χ0v) is 19.2. The molecule has 2 atom stereocenters. The van der Waals surface area contributed by atoms with Crippen molar-refractivity contribution in [1.82, 2.24) is 19.6 Å². The van der Waals surface area contributed by atoms with E-state index in [1.165, 1.54) is 11.9 Å². The molecule has 0 saturated carbocycles. The molecule has 1 aromatic carbocycles. The summed E-state index contributed by atoms with van der Waals surface area (Å²) in [6.07, 6.45) is -0.885. The quantitative estimate of drug-likeness (QED) is 0.618. The Bertz CT molecular complexity index is 956. The number of aliphatic imine (C=N–C) groups is 1. The lowest BCUT2D eigenvalue weighted by molar-refractivity contribution is -0.544. The van der Waals surface area contributed by atoms with E-state index in [1.807, 2.05) is 0 Å². The second kappa shape index (κ2) is 9.05. The molecule has 0 aliphatic carbocycles. The molecule has 172 valence electrons. The van der Waals surface area contributed by atoms with Crippen LogP contribution in [0.15, 0.2) is 29.3 Å².